The molecule has 1 heterocycles. The van der Waals surface area contributed by atoms with Gasteiger partial charge >= 0.3 is 0 Å². The van der Waals surface area contributed by atoms with E-state index in [0.29, 0.717) is 11.8 Å². The van der Waals surface area contributed by atoms with Crippen LogP contribution >= 0.6 is 0 Å². The monoisotopic (exact) mass is 348 g/mol. The van der Waals surface area contributed by atoms with Crippen molar-refractivity contribution < 1.29 is 4.79 Å². The Hall–Kier alpha value is -3.61. The van der Waals surface area contributed by atoms with Gasteiger partial charge in [0.25, 0.3) is 5.91 Å². The Morgan fingerprint density at radius 3 is 2.38 bits per heavy atom. The number of carbonyl (C=O) groups is 1. The van der Waals surface area contributed by atoms with Crippen molar-refractivity contribution in [1.29, 1.82) is 0 Å². The Morgan fingerprint density at radius 2 is 1.73 bits per heavy atom. The van der Waals surface area contributed by atoms with Crippen LogP contribution in [0.2, 0.25) is 0 Å². The molecular weight excluding hydrogens is 328 g/mol. The summed E-state index contributed by atoms with van der Waals surface area (Å²) in [5.74, 6) is 0.125. The molecule has 3 aromatic rings. The van der Waals surface area contributed by atoms with Crippen LogP contribution in [0.15, 0.2) is 54.7 Å². The topological polar surface area (TPSA) is 105 Å². The summed E-state index contributed by atoms with van der Waals surface area (Å²) in [6.45, 7) is 1.99. The molecule has 1 aromatic heterocycles. The zero-order valence-corrected chi connectivity index (χ0v) is 14.6. The molecular formula is C19H20N6O. The molecule has 0 fully saturated rings. The van der Waals surface area contributed by atoms with E-state index in [1.54, 1.807) is 0 Å². The number of aryl methyl sites for hydroxylation is 1. The van der Waals surface area contributed by atoms with Gasteiger partial charge in [0.1, 0.15) is 11.4 Å². The van der Waals surface area contributed by atoms with E-state index in [-0.39, 0.29) is 5.56 Å². The van der Waals surface area contributed by atoms with Crippen molar-refractivity contribution >= 4 is 34.7 Å². The molecule has 132 valence electrons. The summed E-state index contributed by atoms with van der Waals surface area (Å²) in [4.78, 5) is 20.3. The molecule has 0 aliphatic heterocycles. The van der Waals surface area contributed by atoms with Crippen LogP contribution in [0.4, 0.5) is 28.8 Å². The Bertz CT molecular complexity index is 924. The number of benzene rings is 2. The van der Waals surface area contributed by atoms with E-state index in [1.165, 1.54) is 6.20 Å². The summed E-state index contributed by atoms with van der Waals surface area (Å²) >= 11 is 0. The van der Waals surface area contributed by atoms with Gasteiger partial charge in [-0.2, -0.15) is 4.98 Å². The third-order valence-corrected chi connectivity index (χ3v) is 3.76. The van der Waals surface area contributed by atoms with Crippen molar-refractivity contribution in [3.8, 4) is 0 Å². The van der Waals surface area contributed by atoms with Crippen LogP contribution in [-0.2, 0) is 0 Å². The fraction of sp³-hybridized carbons (Fsp3) is 0.105. The van der Waals surface area contributed by atoms with Gasteiger partial charge in [0.05, 0.1) is 0 Å². The average molecular weight is 348 g/mol. The SMILES string of the molecule is CNc1ccc(Nc2ncc(C(N)=O)c(Nc3cccc(C)c3)n2)cc1. The lowest BCUT2D eigenvalue weighted by Gasteiger charge is -2.12. The zero-order chi connectivity index (χ0) is 18.5. The molecule has 7 heteroatoms. The first kappa shape index (κ1) is 17.2. The predicted molar refractivity (Wildman–Crippen MR) is 104 cm³/mol. The van der Waals surface area contributed by atoms with Gasteiger partial charge in [-0.05, 0) is 48.9 Å². The van der Waals surface area contributed by atoms with E-state index < -0.39 is 5.91 Å². The van der Waals surface area contributed by atoms with E-state index >= 15 is 0 Å². The third kappa shape index (κ3) is 4.07. The molecule has 2 aromatic carbocycles. The minimum Gasteiger partial charge on any atom is -0.388 e. The molecule has 26 heavy (non-hydrogen) atoms. The molecule has 0 bridgehead atoms. The van der Waals surface area contributed by atoms with Crippen LogP contribution in [0, 0.1) is 6.92 Å². The Balaban J connectivity index is 1.88. The van der Waals surface area contributed by atoms with Crippen LogP contribution in [0.25, 0.3) is 0 Å². The molecule has 0 saturated carbocycles. The van der Waals surface area contributed by atoms with Crippen molar-refractivity contribution in [1.82, 2.24) is 9.97 Å². The minimum atomic E-state index is -0.593. The van der Waals surface area contributed by atoms with Crippen LogP contribution in [-0.4, -0.2) is 22.9 Å². The van der Waals surface area contributed by atoms with E-state index in [2.05, 4.69) is 25.9 Å². The number of carbonyl (C=O) groups excluding carboxylic acids is 1. The standard InChI is InChI=1S/C19H20N6O/c1-12-4-3-5-15(10-12)23-18-16(17(20)26)11-22-19(25-18)24-14-8-6-13(21-2)7-9-14/h3-11,21H,1-2H3,(H2,20,26)(H2,22,23,24,25). The van der Waals surface area contributed by atoms with Gasteiger partial charge in [-0.1, -0.05) is 12.1 Å². The molecule has 0 spiro atoms. The maximum Gasteiger partial charge on any atom is 0.254 e. The van der Waals surface area contributed by atoms with Gasteiger partial charge < -0.3 is 21.7 Å². The van der Waals surface area contributed by atoms with Crippen molar-refractivity contribution in [2.75, 3.05) is 23.0 Å². The molecule has 0 aliphatic rings. The van der Waals surface area contributed by atoms with Crippen molar-refractivity contribution in [3.05, 3.63) is 65.9 Å². The first-order valence-electron chi connectivity index (χ1n) is 8.10. The number of hydrogen-bond donors (Lipinski definition) is 4. The minimum absolute atomic E-state index is 0.225. The third-order valence-electron chi connectivity index (χ3n) is 3.76. The lowest BCUT2D eigenvalue weighted by atomic mass is 10.2. The molecule has 0 saturated heterocycles. The predicted octanol–water partition coefficient (Wildman–Crippen LogP) is 3.41. The normalized spacial score (nSPS) is 10.2. The maximum atomic E-state index is 11.7. The van der Waals surface area contributed by atoms with Gasteiger partial charge in [-0.3, -0.25) is 4.79 Å². The fourth-order valence-corrected chi connectivity index (χ4v) is 2.43. The highest BCUT2D eigenvalue weighted by molar-refractivity contribution is 5.98. The van der Waals surface area contributed by atoms with Crippen LogP contribution < -0.4 is 21.7 Å². The zero-order valence-electron chi connectivity index (χ0n) is 14.6. The summed E-state index contributed by atoms with van der Waals surface area (Å²) in [6.07, 6.45) is 1.41. The van der Waals surface area contributed by atoms with Gasteiger partial charge in [0.2, 0.25) is 5.95 Å². The van der Waals surface area contributed by atoms with Crippen molar-refractivity contribution in [2.24, 2.45) is 5.73 Å². The lowest BCUT2D eigenvalue weighted by molar-refractivity contribution is 0.100. The summed E-state index contributed by atoms with van der Waals surface area (Å²) in [7, 11) is 1.86. The average Bonchev–Trinajstić information content (AvgIpc) is 2.62. The first-order valence-corrected chi connectivity index (χ1v) is 8.10. The highest BCUT2D eigenvalue weighted by Crippen LogP contribution is 2.22. The molecule has 5 N–H and O–H groups in total. The lowest BCUT2D eigenvalue weighted by Crippen LogP contribution is -2.15. The number of nitrogens with two attached hydrogens (primary N) is 1. The molecule has 0 atom stereocenters. The summed E-state index contributed by atoms with van der Waals surface area (Å²) in [6, 6.07) is 15.4. The van der Waals surface area contributed by atoms with Crippen molar-refractivity contribution in [3.63, 3.8) is 0 Å². The Labute approximate surface area is 151 Å². The van der Waals surface area contributed by atoms with Crippen molar-refractivity contribution in [2.45, 2.75) is 6.92 Å². The second-order valence-electron chi connectivity index (χ2n) is 5.77. The van der Waals surface area contributed by atoms with Crippen LogP contribution in [0.1, 0.15) is 15.9 Å². The molecule has 7 nitrogen and oxygen atoms in total. The second-order valence-corrected chi connectivity index (χ2v) is 5.77. The number of aromatic nitrogens is 2. The summed E-state index contributed by atoms with van der Waals surface area (Å²) < 4.78 is 0. The molecule has 0 unspecified atom stereocenters. The Morgan fingerprint density at radius 1 is 1.00 bits per heavy atom. The van der Waals surface area contributed by atoms with E-state index in [0.717, 1.165) is 22.6 Å². The number of anilines is 5. The van der Waals surface area contributed by atoms with Crippen LogP contribution in [0.5, 0.6) is 0 Å². The largest absolute Gasteiger partial charge is 0.388 e. The molecule has 0 aliphatic carbocycles. The number of nitrogens with one attached hydrogen (secondary N) is 3. The summed E-state index contributed by atoms with van der Waals surface area (Å²) in [5.41, 5.74) is 9.41. The molecule has 0 radical (unpaired) electrons. The number of rotatable bonds is 6. The van der Waals surface area contributed by atoms with E-state index in [1.807, 2.05) is 62.5 Å². The molecule has 3 rings (SSSR count). The van der Waals surface area contributed by atoms with Gasteiger partial charge in [0.15, 0.2) is 0 Å². The number of primary amides is 1. The smallest absolute Gasteiger partial charge is 0.254 e. The molecule has 1 amide bonds. The second kappa shape index (κ2) is 7.52. The van der Waals surface area contributed by atoms with Crippen LogP contribution in [0.3, 0.4) is 0 Å². The quantitative estimate of drug-likeness (QED) is 0.544. The number of nitrogens with zero attached hydrogens (tertiary/aromatic N) is 2. The van der Waals surface area contributed by atoms with Gasteiger partial charge in [0, 0.05) is 30.3 Å². The highest BCUT2D eigenvalue weighted by Gasteiger charge is 2.13. The highest BCUT2D eigenvalue weighted by atomic mass is 16.1. The van der Waals surface area contributed by atoms with E-state index in [9.17, 15) is 4.79 Å². The number of amides is 1. The maximum absolute atomic E-state index is 11.7. The number of hydrogen-bond acceptors (Lipinski definition) is 6. The Kier molecular flexibility index (Phi) is 4.98. The summed E-state index contributed by atoms with van der Waals surface area (Å²) in [5, 5.41) is 9.31. The van der Waals surface area contributed by atoms with Gasteiger partial charge in [-0.25, -0.2) is 4.98 Å². The fourth-order valence-electron chi connectivity index (χ4n) is 2.43. The van der Waals surface area contributed by atoms with E-state index in [4.69, 9.17) is 5.73 Å². The first-order chi connectivity index (χ1) is 12.5. The van der Waals surface area contributed by atoms with Gasteiger partial charge in [-0.15, -0.1) is 0 Å².